The molecule has 206 valence electrons. The van der Waals surface area contributed by atoms with E-state index in [0.29, 0.717) is 23.9 Å². The number of carbonyl (C=O) groups is 2. The van der Waals surface area contributed by atoms with Gasteiger partial charge in [0.1, 0.15) is 0 Å². The number of nitrogens with one attached hydrogen (secondary N) is 2. The molecule has 3 heterocycles. The van der Waals surface area contributed by atoms with E-state index in [1.807, 2.05) is 30.7 Å². The topological polar surface area (TPSA) is 100 Å². The first kappa shape index (κ1) is 27.7. The van der Waals surface area contributed by atoms with Crippen LogP contribution in [0.1, 0.15) is 25.3 Å². The van der Waals surface area contributed by atoms with Gasteiger partial charge in [0.05, 0.1) is 5.69 Å². The van der Waals surface area contributed by atoms with E-state index in [2.05, 4.69) is 68.0 Å². The Bertz CT molecular complexity index is 1470. The lowest BCUT2D eigenvalue weighted by molar-refractivity contribution is -0.126. The first-order valence-corrected chi connectivity index (χ1v) is 14.8. The average molecular weight is 555 g/mol. The number of rotatable bonds is 9. The zero-order valence-corrected chi connectivity index (χ0v) is 23.7. The number of piperidine rings is 1. The Morgan fingerprint density at radius 1 is 0.950 bits per heavy atom. The van der Waals surface area contributed by atoms with Crippen LogP contribution in [-0.2, 0) is 16.1 Å². The number of aromatic nitrogens is 3. The molecule has 8 nitrogen and oxygen atoms in total. The summed E-state index contributed by atoms with van der Waals surface area (Å²) in [5.41, 5.74) is 6.03. The van der Waals surface area contributed by atoms with Crippen molar-refractivity contribution in [2.75, 3.05) is 32.4 Å². The van der Waals surface area contributed by atoms with Gasteiger partial charge >= 0.3 is 0 Å². The molecule has 0 aliphatic carbocycles. The van der Waals surface area contributed by atoms with Crippen LogP contribution in [0.5, 0.6) is 0 Å². The maximum atomic E-state index is 12.5. The van der Waals surface area contributed by atoms with E-state index in [4.69, 9.17) is 4.98 Å². The molecule has 2 amide bonds. The van der Waals surface area contributed by atoms with Crippen LogP contribution < -0.4 is 10.6 Å². The van der Waals surface area contributed by atoms with Crippen LogP contribution in [0.3, 0.4) is 0 Å². The van der Waals surface area contributed by atoms with Gasteiger partial charge in [0.2, 0.25) is 11.8 Å². The highest BCUT2D eigenvalue weighted by molar-refractivity contribution is 7.98. The predicted molar refractivity (Wildman–Crippen MR) is 160 cm³/mol. The minimum absolute atomic E-state index is 0.0294. The first-order valence-electron chi connectivity index (χ1n) is 13.6. The summed E-state index contributed by atoms with van der Waals surface area (Å²) in [5, 5.41) is 7.27. The number of likely N-dealkylation sites (tertiary alicyclic amines) is 1. The minimum atomic E-state index is -0.0833. The molecule has 1 aliphatic heterocycles. The highest BCUT2D eigenvalue weighted by Gasteiger charge is 2.24. The van der Waals surface area contributed by atoms with E-state index >= 15 is 0 Å². The number of nitrogens with zero attached hydrogens (tertiary/aromatic N) is 4. The Kier molecular flexibility index (Phi) is 9.03. The Labute approximate surface area is 239 Å². The molecular weight excluding hydrogens is 520 g/mol. The maximum absolute atomic E-state index is 12.5. The summed E-state index contributed by atoms with van der Waals surface area (Å²) in [4.78, 5) is 39.9. The molecule has 5 rings (SSSR count). The molecule has 1 fully saturated rings. The largest absolute Gasteiger partial charge is 0.355 e. The lowest BCUT2D eigenvalue weighted by Gasteiger charge is -2.31. The second kappa shape index (κ2) is 13.0. The van der Waals surface area contributed by atoms with Gasteiger partial charge in [0.15, 0.2) is 10.8 Å². The van der Waals surface area contributed by atoms with Crippen LogP contribution in [-0.4, -0.2) is 64.1 Å². The summed E-state index contributed by atoms with van der Waals surface area (Å²) in [5.74, 6) is 0.0308. The summed E-state index contributed by atoms with van der Waals surface area (Å²) in [6.45, 7) is 5.02. The van der Waals surface area contributed by atoms with Crippen molar-refractivity contribution in [3.05, 3.63) is 72.4 Å². The monoisotopic (exact) mass is 554 g/mol. The van der Waals surface area contributed by atoms with Crippen molar-refractivity contribution in [2.45, 2.75) is 31.5 Å². The standard InChI is InChI=1S/C31H34N6O2S/c1-21(38)32-14-15-33-30(39)25-12-16-37(17-13-25)20-22-8-10-24(11-9-22)28-27(23-6-4-3-5-7-23)18-26-19-34-31(40-2)36-29(26)35-28/h3-11,18-19,25H,12-17,20H2,1-2H3,(H,32,38)(H,33,39). The summed E-state index contributed by atoms with van der Waals surface area (Å²) >= 11 is 1.51. The van der Waals surface area contributed by atoms with Gasteiger partial charge in [-0.2, -0.15) is 0 Å². The number of benzene rings is 2. The van der Waals surface area contributed by atoms with Crippen LogP contribution in [0.2, 0.25) is 0 Å². The van der Waals surface area contributed by atoms with Crippen LogP contribution >= 0.6 is 11.8 Å². The van der Waals surface area contributed by atoms with Crippen LogP contribution in [0, 0.1) is 5.92 Å². The van der Waals surface area contributed by atoms with Crippen molar-refractivity contribution in [1.82, 2.24) is 30.5 Å². The lowest BCUT2D eigenvalue weighted by atomic mass is 9.95. The summed E-state index contributed by atoms with van der Waals surface area (Å²) in [6, 6.07) is 21.1. The van der Waals surface area contributed by atoms with E-state index in [0.717, 1.165) is 60.2 Å². The van der Waals surface area contributed by atoms with Crippen LogP contribution in [0.4, 0.5) is 0 Å². The summed E-state index contributed by atoms with van der Waals surface area (Å²) < 4.78 is 0. The van der Waals surface area contributed by atoms with Crippen molar-refractivity contribution in [3.8, 4) is 22.4 Å². The highest BCUT2D eigenvalue weighted by Crippen LogP contribution is 2.33. The maximum Gasteiger partial charge on any atom is 0.223 e. The molecule has 0 saturated carbocycles. The average Bonchev–Trinajstić information content (AvgIpc) is 2.99. The van der Waals surface area contributed by atoms with E-state index in [1.165, 1.54) is 24.2 Å². The number of carbonyl (C=O) groups excluding carboxylic acids is 2. The molecule has 9 heteroatoms. The molecule has 40 heavy (non-hydrogen) atoms. The van der Waals surface area contributed by atoms with Gasteiger partial charge in [0.25, 0.3) is 0 Å². The molecule has 0 spiro atoms. The molecule has 2 N–H and O–H groups in total. The zero-order valence-electron chi connectivity index (χ0n) is 22.9. The lowest BCUT2D eigenvalue weighted by Crippen LogP contribution is -2.42. The van der Waals surface area contributed by atoms with Gasteiger partial charge in [-0.25, -0.2) is 15.0 Å². The number of pyridine rings is 1. The van der Waals surface area contributed by atoms with Crippen molar-refractivity contribution < 1.29 is 9.59 Å². The fourth-order valence-electron chi connectivity index (χ4n) is 5.05. The highest BCUT2D eigenvalue weighted by atomic mass is 32.2. The fraction of sp³-hybridized carbons (Fsp3) is 0.323. The normalized spacial score (nSPS) is 14.2. The summed E-state index contributed by atoms with van der Waals surface area (Å²) in [6.07, 6.45) is 5.49. The molecule has 4 aromatic rings. The molecule has 1 saturated heterocycles. The van der Waals surface area contributed by atoms with Gasteiger partial charge in [-0.1, -0.05) is 66.4 Å². The Morgan fingerprint density at radius 2 is 1.68 bits per heavy atom. The first-order chi connectivity index (χ1) is 19.5. The third kappa shape index (κ3) is 6.84. The van der Waals surface area contributed by atoms with E-state index in [-0.39, 0.29) is 17.7 Å². The Hall–Kier alpha value is -3.82. The third-order valence-electron chi connectivity index (χ3n) is 7.20. The van der Waals surface area contributed by atoms with E-state index in [9.17, 15) is 9.59 Å². The SMILES string of the molecule is CSc1ncc2cc(-c3ccccc3)c(-c3ccc(CN4CCC(C(=O)NCCNC(C)=O)CC4)cc3)nc2n1. The number of hydrogen-bond donors (Lipinski definition) is 2. The Morgan fingerprint density at radius 3 is 2.38 bits per heavy atom. The molecular formula is C31H34N6O2S. The molecule has 0 radical (unpaired) electrons. The van der Waals surface area contributed by atoms with Gasteiger partial charge in [-0.3, -0.25) is 14.5 Å². The van der Waals surface area contributed by atoms with Crippen molar-refractivity contribution in [2.24, 2.45) is 5.92 Å². The van der Waals surface area contributed by atoms with Gasteiger partial charge in [-0.15, -0.1) is 0 Å². The molecule has 2 aromatic carbocycles. The van der Waals surface area contributed by atoms with E-state index < -0.39 is 0 Å². The second-order valence-corrected chi connectivity index (χ2v) is 10.8. The molecule has 2 aromatic heterocycles. The number of hydrogen-bond acceptors (Lipinski definition) is 7. The van der Waals surface area contributed by atoms with Crippen LogP contribution in [0.25, 0.3) is 33.4 Å². The van der Waals surface area contributed by atoms with Crippen molar-refractivity contribution in [1.29, 1.82) is 0 Å². The molecule has 0 unspecified atom stereocenters. The molecule has 0 atom stereocenters. The van der Waals surface area contributed by atoms with Crippen molar-refractivity contribution >= 4 is 34.6 Å². The predicted octanol–water partition coefficient (Wildman–Crippen LogP) is 4.55. The zero-order chi connectivity index (χ0) is 27.9. The quantitative estimate of drug-likeness (QED) is 0.178. The number of thioether (sulfide) groups is 1. The molecule has 0 bridgehead atoms. The number of fused-ring (bicyclic) bond motifs is 1. The summed E-state index contributed by atoms with van der Waals surface area (Å²) in [7, 11) is 0. The Balaban J connectivity index is 1.26. The van der Waals surface area contributed by atoms with Gasteiger partial charge in [-0.05, 0) is 49.4 Å². The number of amides is 2. The smallest absolute Gasteiger partial charge is 0.223 e. The third-order valence-corrected chi connectivity index (χ3v) is 7.77. The fourth-order valence-corrected chi connectivity index (χ4v) is 5.39. The minimum Gasteiger partial charge on any atom is -0.355 e. The molecule has 1 aliphatic rings. The van der Waals surface area contributed by atoms with E-state index in [1.54, 1.807) is 0 Å². The van der Waals surface area contributed by atoms with Crippen molar-refractivity contribution in [3.63, 3.8) is 0 Å². The van der Waals surface area contributed by atoms with Gasteiger partial charge < -0.3 is 10.6 Å². The van der Waals surface area contributed by atoms with Crippen LogP contribution in [0.15, 0.2) is 72.0 Å². The second-order valence-electron chi connectivity index (χ2n) is 10.0. The van der Waals surface area contributed by atoms with Gasteiger partial charge in [0, 0.05) is 55.2 Å².